The topological polar surface area (TPSA) is 25.8 Å². The van der Waals surface area contributed by atoms with Crippen LogP contribution in [-0.2, 0) is 0 Å². The lowest BCUT2D eigenvalue weighted by Gasteiger charge is -2.13. The summed E-state index contributed by atoms with van der Waals surface area (Å²) in [7, 11) is 0. The van der Waals surface area contributed by atoms with Crippen molar-refractivity contribution < 1.29 is 8.78 Å². The molecule has 112 valence electrons. The number of hydrogen-bond donors (Lipinski definition) is 0. The third-order valence-corrected chi connectivity index (χ3v) is 3.84. The van der Waals surface area contributed by atoms with Gasteiger partial charge in [-0.2, -0.15) is 0 Å². The van der Waals surface area contributed by atoms with Gasteiger partial charge in [0.05, 0.1) is 10.7 Å². The first-order chi connectivity index (χ1) is 10.5. The molecule has 0 amide bonds. The summed E-state index contributed by atoms with van der Waals surface area (Å²) in [4.78, 5) is 8.21. The fraction of sp³-hybridized carbons (Fsp3) is 0.176. The van der Waals surface area contributed by atoms with Gasteiger partial charge in [0, 0.05) is 16.5 Å². The third-order valence-electron chi connectivity index (χ3n) is 3.54. The van der Waals surface area contributed by atoms with Crippen molar-refractivity contribution in [1.82, 2.24) is 9.97 Å². The van der Waals surface area contributed by atoms with Crippen LogP contribution in [0.25, 0.3) is 22.0 Å². The molecule has 0 aliphatic heterocycles. The van der Waals surface area contributed by atoms with Crippen LogP contribution in [0.2, 0.25) is 5.02 Å². The zero-order chi connectivity index (χ0) is 15.9. The zero-order valence-corrected chi connectivity index (χ0v) is 12.8. The Labute approximate surface area is 131 Å². The normalized spacial score (nSPS) is 11.4. The first-order valence-corrected chi connectivity index (χ1v) is 7.26. The maximum Gasteiger partial charge on any atom is 0.158 e. The van der Waals surface area contributed by atoms with Gasteiger partial charge in [-0.15, -0.1) is 0 Å². The smallest absolute Gasteiger partial charge is 0.158 e. The van der Waals surface area contributed by atoms with Gasteiger partial charge in [0.2, 0.25) is 0 Å². The first kappa shape index (κ1) is 14.9. The van der Waals surface area contributed by atoms with Gasteiger partial charge in [-0.25, -0.2) is 18.7 Å². The van der Waals surface area contributed by atoms with E-state index in [0.29, 0.717) is 11.1 Å². The molecule has 3 aromatic rings. The molecule has 0 radical (unpaired) electrons. The van der Waals surface area contributed by atoms with Gasteiger partial charge in [0.15, 0.2) is 5.82 Å². The Balaban J connectivity index is 2.38. The average molecular weight is 319 g/mol. The van der Waals surface area contributed by atoms with E-state index in [4.69, 9.17) is 11.6 Å². The van der Waals surface area contributed by atoms with Gasteiger partial charge in [-0.05, 0) is 18.1 Å². The van der Waals surface area contributed by atoms with Crippen molar-refractivity contribution in [2.45, 2.75) is 19.8 Å². The Morgan fingerprint density at radius 3 is 2.50 bits per heavy atom. The molecular weight excluding hydrogens is 306 g/mol. The van der Waals surface area contributed by atoms with Crippen LogP contribution < -0.4 is 0 Å². The SMILES string of the molecule is CC(C)c1ncnc2c(F)c(-c3ccccc3F)c(Cl)cc12. The highest BCUT2D eigenvalue weighted by Gasteiger charge is 2.20. The second-order valence-electron chi connectivity index (χ2n) is 5.34. The first-order valence-electron chi connectivity index (χ1n) is 6.88. The zero-order valence-electron chi connectivity index (χ0n) is 12.1. The molecule has 5 heteroatoms. The molecule has 0 saturated carbocycles. The fourth-order valence-electron chi connectivity index (χ4n) is 2.52. The number of rotatable bonds is 2. The lowest BCUT2D eigenvalue weighted by Crippen LogP contribution is -2.00. The van der Waals surface area contributed by atoms with Gasteiger partial charge in [-0.3, -0.25) is 0 Å². The Morgan fingerprint density at radius 1 is 1.09 bits per heavy atom. The molecule has 2 aromatic carbocycles. The quantitative estimate of drug-likeness (QED) is 0.636. The van der Waals surface area contributed by atoms with Crippen molar-refractivity contribution >= 4 is 22.5 Å². The Hall–Kier alpha value is -2.07. The monoisotopic (exact) mass is 318 g/mol. The van der Waals surface area contributed by atoms with E-state index in [0.717, 1.165) is 0 Å². The number of benzene rings is 2. The van der Waals surface area contributed by atoms with Gasteiger partial charge >= 0.3 is 0 Å². The summed E-state index contributed by atoms with van der Waals surface area (Å²) in [5, 5.41) is 0.701. The van der Waals surface area contributed by atoms with E-state index >= 15 is 0 Å². The summed E-state index contributed by atoms with van der Waals surface area (Å²) in [5.41, 5.74) is 1.02. The predicted molar refractivity (Wildman–Crippen MR) is 84.0 cm³/mol. The minimum atomic E-state index is -0.628. The molecule has 0 aliphatic carbocycles. The maximum absolute atomic E-state index is 14.9. The second-order valence-corrected chi connectivity index (χ2v) is 5.74. The highest BCUT2D eigenvalue weighted by molar-refractivity contribution is 6.34. The van der Waals surface area contributed by atoms with Crippen LogP contribution >= 0.6 is 11.6 Å². The highest BCUT2D eigenvalue weighted by atomic mass is 35.5. The minimum Gasteiger partial charge on any atom is -0.240 e. The van der Waals surface area contributed by atoms with Crippen LogP contribution in [-0.4, -0.2) is 9.97 Å². The van der Waals surface area contributed by atoms with Gasteiger partial charge in [0.1, 0.15) is 17.7 Å². The van der Waals surface area contributed by atoms with E-state index in [9.17, 15) is 8.78 Å². The number of aromatic nitrogens is 2. The summed E-state index contributed by atoms with van der Waals surface area (Å²) in [6, 6.07) is 7.56. The molecule has 2 nitrogen and oxygen atoms in total. The Morgan fingerprint density at radius 2 is 1.82 bits per heavy atom. The van der Waals surface area contributed by atoms with Crippen LogP contribution in [0, 0.1) is 11.6 Å². The van der Waals surface area contributed by atoms with Crippen molar-refractivity contribution in [2.75, 3.05) is 0 Å². The van der Waals surface area contributed by atoms with Crippen molar-refractivity contribution in [2.24, 2.45) is 0 Å². The molecule has 0 N–H and O–H groups in total. The number of halogens is 3. The number of fused-ring (bicyclic) bond motifs is 1. The van der Waals surface area contributed by atoms with E-state index in [1.165, 1.54) is 18.5 Å². The van der Waals surface area contributed by atoms with E-state index in [2.05, 4.69) is 9.97 Å². The molecule has 0 unspecified atom stereocenters. The number of hydrogen-bond acceptors (Lipinski definition) is 2. The molecule has 0 saturated heterocycles. The van der Waals surface area contributed by atoms with E-state index < -0.39 is 11.6 Å². The molecule has 22 heavy (non-hydrogen) atoms. The molecule has 3 rings (SSSR count). The molecular formula is C17H13ClF2N2. The maximum atomic E-state index is 14.9. The Bertz CT molecular complexity index is 863. The predicted octanol–water partition coefficient (Wildman–Crippen LogP) is 5.35. The summed E-state index contributed by atoms with van der Waals surface area (Å²) in [6.07, 6.45) is 1.32. The van der Waals surface area contributed by atoms with Crippen molar-refractivity contribution in [3.63, 3.8) is 0 Å². The van der Waals surface area contributed by atoms with Gasteiger partial charge in [0.25, 0.3) is 0 Å². The summed E-state index contributed by atoms with van der Waals surface area (Å²) >= 11 is 6.23. The van der Waals surface area contributed by atoms with Crippen LogP contribution in [0.4, 0.5) is 8.78 Å². The standard InChI is InChI=1S/C17H13ClF2N2/c1-9(2)16-11-7-12(18)14(10-5-3-4-6-13(10)19)15(20)17(11)22-8-21-16/h3-9H,1-2H3. The van der Waals surface area contributed by atoms with Crippen LogP contribution in [0.1, 0.15) is 25.5 Å². The minimum absolute atomic E-state index is 0.0284. The molecule has 0 fully saturated rings. The van der Waals surface area contributed by atoms with E-state index in [1.807, 2.05) is 13.8 Å². The summed E-state index contributed by atoms with van der Waals surface area (Å²) in [6.45, 7) is 3.91. The lowest BCUT2D eigenvalue weighted by molar-refractivity contribution is 0.620. The largest absolute Gasteiger partial charge is 0.240 e. The fourth-order valence-corrected chi connectivity index (χ4v) is 2.81. The van der Waals surface area contributed by atoms with Gasteiger partial charge < -0.3 is 0 Å². The van der Waals surface area contributed by atoms with E-state index in [1.54, 1.807) is 18.2 Å². The Kier molecular flexibility index (Phi) is 3.79. The highest BCUT2D eigenvalue weighted by Crippen LogP contribution is 2.37. The van der Waals surface area contributed by atoms with Crippen molar-refractivity contribution in [3.8, 4) is 11.1 Å². The molecule has 0 bridgehead atoms. The van der Waals surface area contributed by atoms with E-state index in [-0.39, 0.29) is 27.6 Å². The molecule has 1 heterocycles. The summed E-state index contributed by atoms with van der Waals surface area (Å²) in [5.74, 6) is -1.06. The molecule has 0 atom stereocenters. The van der Waals surface area contributed by atoms with Gasteiger partial charge in [-0.1, -0.05) is 43.6 Å². The summed E-state index contributed by atoms with van der Waals surface area (Å²) < 4.78 is 28.9. The second kappa shape index (κ2) is 5.61. The lowest BCUT2D eigenvalue weighted by atomic mass is 9.99. The molecule has 0 spiro atoms. The molecule has 0 aliphatic rings. The van der Waals surface area contributed by atoms with Crippen molar-refractivity contribution in [3.05, 3.63) is 59.0 Å². The molecule has 1 aromatic heterocycles. The third kappa shape index (κ3) is 2.33. The van der Waals surface area contributed by atoms with Crippen LogP contribution in [0.15, 0.2) is 36.7 Å². The van der Waals surface area contributed by atoms with Crippen LogP contribution in [0.3, 0.4) is 0 Å². The van der Waals surface area contributed by atoms with Crippen LogP contribution in [0.5, 0.6) is 0 Å². The number of nitrogens with zero attached hydrogens (tertiary/aromatic N) is 2. The average Bonchev–Trinajstić information content (AvgIpc) is 2.48. The van der Waals surface area contributed by atoms with Crippen molar-refractivity contribution in [1.29, 1.82) is 0 Å².